The first-order valence-corrected chi connectivity index (χ1v) is 13.6. The monoisotopic (exact) mass is 551 g/mol. The molecule has 2 aromatic heterocycles. The minimum Gasteiger partial charge on any atom is -0.368 e. The summed E-state index contributed by atoms with van der Waals surface area (Å²) in [4.78, 5) is 13.8. The maximum atomic E-state index is 14.2. The van der Waals surface area contributed by atoms with Gasteiger partial charge in [0.2, 0.25) is 5.95 Å². The number of thiophene rings is 1. The van der Waals surface area contributed by atoms with E-state index in [1.807, 2.05) is 48.6 Å². The number of hydrazone groups is 1. The van der Waals surface area contributed by atoms with Crippen molar-refractivity contribution in [2.24, 2.45) is 5.10 Å². The van der Waals surface area contributed by atoms with E-state index in [0.717, 1.165) is 36.4 Å². The van der Waals surface area contributed by atoms with Gasteiger partial charge in [-0.25, -0.2) is 9.99 Å². The molecule has 0 radical (unpaired) electrons. The molecular weight excluding hydrogens is 523 g/mol. The molecule has 1 atom stereocenters. The largest absolute Gasteiger partial charge is 0.416 e. The van der Waals surface area contributed by atoms with Gasteiger partial charge in [0.25, 0.3) is 0 Å². The van der Waals surface area contributed by atoms with Crippen molar-refractivity contribution in [2.45, 2.75) is 25.2 Å². The number of rotatable bonds is 5. The second-order valence-electron chi connectivity index (χ2n) is 9.98. The van der Waals surface area contributed by atoms with Crippen LogP contribution < -0.4 is 10.7 Å². The topological polar surface area (TPSA) is 73.9 Å². The summed E-state index contributed by atoms with van der Waals surface area (Å²) in [6, 6.07) is 16.4. The highest BCUT2D eigenvalue weighted by molar-refractivity contribution is 7.22. The van der Waals surface area contributed by atoms with Gasteiger partial charge in [-0.05, 0) is 35.9 Å². The van der Waals surface area contributed by atoms with E-state index >= 15 is 0 Å². The van der Waals surface area contributed by atoms with Crippen molar-refractivity contribution >= 4 is 39.5 Å². The number of aromatic nitrogens is 2. The Morgan fingerprint density at radius 2 is 1.77 bits per heavy atom. The standard InChI is InChI=1S/C28H28F3N7S/c1-36-11-13-37(14-12-36)17-20-8-7-19(15-21(20)28(29,30)31)24-16-22-25(39-24)26(35-27(32)34-22)38-23(9-10-33-38)18-5-3-2-4-6-18/h2-8,10,15-16,23H,9,11-14,17H2,1H3,(H2,32,34,35). The molecule has 2 aromatic carbocycles. The number of piperazine rings is 1. The maximum Gasteiger partial charge on any atom is 0.416 e. The van der Waals surface area contributed by atoms with E-state index in [1.165, 1.54) is 17.4 Å². The second-order valence-corrected chi connectivity index (χ2v) is 11.0. The molecule has 11 heteroatoms. The summed E-state index contributed by atoms with van der Waals surface area (Å²) in [6.45, 7) is 3.46. The van der Waals surface area contributed by atoms with Crippen LogP contribution in [0.4, 0.5) is 24.9 Å². The molecule has 1 unspecified atom stereocenters. The summed E-state index contributed by atoms with van der Waals surface area (Å²) in [6.07, 6.45) is -1.92. The van der Waals surface area contributed by atoms with Gasteiger partial charge in [0.1, 0.15) is 0 Å². The molecule has 6 rings (SSSR count). The van der Waals surface area contributed by atoms with E-state index in [0.29, 0.717) is 33.8 Å². The fraction of sp³-hybridized carbons (Fsp3) is 0.321. The molecule has 0 spiro atoms. The fourth-order valence-electron chi connectivity index (χ4n) is 5.18. The van der Waals surface area contributed by atoms with Crippen LogP contribution in [-0.2, 0) is 12.7 Å². The van der Waals surface area contributed by atoms with Crippen LogP contribution in [0.3, 0.4) is 0 Å². The Morgan fingerprint density at radius 1 is 1.00 bits per heavy atom. The highest BCUT2D eigenvalue weighted by Gasteiger charge is 2.35. The summed E-state index contributed by atoms with van der Waals surface area (Å²) < 4.78 is 43.3. The van der Waals surface area contributed by atoms with Crippen LogP contribution in [0.5, 0.6) is 0 Å². The molecule has 1 fully saturated rings. The number of hydrogen-bond donors (Lipinski definition) is 1. The molecule has 4 heterocycles. The molecule has 1 saturated heterocycles. The van der Waals surface area contributed by atoms with E-state index in [2.05, 4.69) is 24.9 Å². The predicted octanol–water partition coefficient (Wildman–Crippen LogP) is 5.64. The van der Waals surface area contributed by atoms with Gasteiger partial charge in [0.15, 0.2) is 5.82 Å². The number of nitrogen functional groups attached to an aromatic ring is 1. The lowest BCUT2D eigenvalue weighted by atomic mass is 10.0. The van der Waals surface area contributed by atoms with Crippen LogP contribution in [-0.4, -0.2) is 59.2 Å². The molecule has 4 aromatic rings. The SMILES string of the molecule is CN1CCN(Cc2ccc(-c3cc4nc(N)nc(N5N=CCC5c5ccccc5)c4s3)cc2C(F)(F)F)CC1. The Balaban J connectivity index is 1.37. The summed E-state index contributed by atoms with van der Waals surface area (Å²) in [7, 11) is 2.03. The number of hydrogen-bond acceptors (Lipinski definition) is 8. The lowest BCUT2D eigenvalue weighted by Gasteiger charge is -2.33. The fourth-order valence-corrected chi connectivity index (χ4v) is 6.25. The van der Waals surface area contributed by atoms with Gasteiger partial charge in [-0.15, -0.1) is 11.3 Å². The third kappa shape index (κ3) is 5.21. The lowest BCUT2D eigenvalue weighted by Crippen LogP contribution is -2.44. The molecule has 0 amide bonds. The molecule has 202 valence electrons. The van der Waals surface area contributed by atoms with Crippen LogP contribution >= 0.6 is 11.3 Å². The van der Waals surface area contributed by atoms with Crippen molar-refractivity contribution in [1.82, 2.24) is 19.8 Å². The van der Waals surface area contributed by atoms with Crippen molar-refractivity contribution < 1.29 is 13.2 Å². The summed E-state index contributed by atoms with van der Waals surface area (Å²) in [5.74, 6) is 0.647. The Labute approximate surface area is 228 Å². The van der Waals surface area contributed by atoms with E-state index in [-0.39, 0.29) is 18.5 Å². The number of alkyl halides is 3. The number of fused-ring (bicyclic) bond motifs is 1. The van der Waals surface area contributed by atoms with Gasteiger partial charge >= 0.3 is 6.18 Å². The highest BCUT2D eigenvalue weighted by Crippen LogP contribution is 2.43. The normalized spacial score (nSPS) is 18.9. The molecule has 7 nitrogen and oxygen atoms in total. The van der Waals surface area contributed by atoms with E-state index < -0.39 is 11.7 Å². The van der Waals surface area contributed by atoms with Gasteiger partial charge in [-0.1, -0.05) is 42.5 Å². The number of nitrogens with zero attached hydrogens (tertiary/aromatic N) is 6. The van der Waals surface area contributed by atoms with Crippen LogP contribution in [0.1, 0.15) is 29.2 Å². The molecule has 39 heavy (non-hydrogen) atoms. The van der Waals surface area contributed by atoms with Crippen molar-refractivity contribution in [2.75, 3.05) is 44.0 Å². The molecule has 0 bridgehead atoms. The van der Waals surface area contributed by atoms with Gasteiger partial charge in [0, 0.05) is 50.2 Å². The Bertz CT molecular complexity index is 1510. The predicted molar refractivity (Wildman–Crippen MR) is 150 cm³/mol. The summed E-state index contributed by atoms with van der Waals surface area (Å²) in [5, 5.41) is 6.40. The van der Waals surface area contributed by atoms with Gasteiger partial charge < -0.3 is 10.6 Å². The van der Waals surface area contributed by atoms with Gasteiger partial charge in [0.05, 0.1) is 21.8 Å². The van der Waals surface area contributed by atoms with Crippen LogP contribution in [0, 0.1) is 0 Å². The van der Waals surface area contributed by atoms with Crippen LogP contribution in [0.2, 0.25) is 0 Å². The maximum absolute atomic E-state index is 14.2. The van der Waals surface area contributed by atoms with Crippen molar-refractivity contribution in [3.63, 3.8) is 0 Å². The smallest absolute Gasteiger partial charge is 0.368 e. The zero-order chi connectivity index (χ0) is 27.1. The highest BCUT2D eigenvalue weighted by atomic mass is 32.1. The van der Waals surface area contributed by atoms with E-state index in [4.69, 9.17) is 5.73 Å². The Morgan fingerprint density at radius 3 is 2.51 bits per heavy atom. The van der Waals surface area contributed by atoms with Crippen molar-refractivity contribution in [3.05, 3.63) is 71.3 Å². The first kappa shape index (κ1) is 25.7. The number of halogens is 3. The molecule has 2 aliphatic heterocycles. The Hall–Kier alpha value is -3.54. The number of nitrogens with two attached hydrogens (primary N) is 1. The average Bonchev–Trinajstić information content (AvgIpc) is 3.57. The summed E-state index contributed by atoms with van der Waals surface area (Å²) >= 11 is 1.35. The zero-order valence-corrected chi connectivity index (χ0v) is 22.2. The van der Waals surface area contributed by atoms with Crippen LogP contribution in [0.25, 0.3) is 20.7 Å². The molecule has 2 N–H and O–H groups in total. The lowest BCUT2D eigenvalue weighted by molar-refractivity contribution is -0.138. The Kier molecular flexibility index (Phi) is 6.74. The number of anilines is 2. The third-order valence-electron chi connectivity index (χ3n) is 7.29. The van der Waals surface area contributed by atoms with Crippen LogP contribution in [0.15, 0.2) is 59.7 Å². The quantitative estimate of drug-likeness (QED) is 0.346. The summed E-state index contributed by atoms with van der Waals surface area (Å²) in [5.41, 5.74) is 7.92. The molecule has 0 aliphatic carbocycles. The zero-order valence-electron chi connectivity index (χ0n) is 21.4. The van der Waals surface area contributed by atoms with Gasteiger partial charge in [-0.3, -0.25) is 4.90 Å². The molecule has 2 aliphatic rings. The first-order chi connectivity index (χ1) is 18.8. The van der Waals surface area contributed by atoms with Crippen molar-refractivity contribution in [3.8, 4) is 10.4 Å². The number of likely N-dealkylation sites (N-methyl/N-ethyl adjacent to an activating group) is 1. The van der Waals surface area contributed by atoms with E-state index in [9.17, 15) is 13.2 Å². The first-order valence-electron chi connectivity index (χ1n) is 12.8. The average molecular weight is 552 g/mol. The molecule has 0 saturated carbocycles. The number of benzene rings is 2. The van der Waals surface area contributed by atoms with E-state index in [1.54, 1.807) is 18.2 Å². The molecular formula is C28H28F3N7S. The minimum absolute atomic E-state index is 0.0556. The third-order valence-corrected chi connectivity index (χ3v) is 8.46. The second kappa shape index (κ2) is 10.2. The van der Waals surface area contributed by atoms with Gasteiger partial charge in [-0.2, -0.15) is 23.3 Å². The van der Waals surface area contributed by atoms with Crippen molar-refractivity contribution in [1.29, 1.82) is 0 Å². The minimum atomic E-state index is -4.46.